The maximum absolute atomic E-state index is 11.2. The molecule has 0 saturated heterocycles. The molecule has 3 heteroatoms. The Morgan fingerprint density at radius 2 is 2.15 bits per heavy atom. The van der Waals surface area contributed by atoms with Gasteiger partial charge in [0.15, 0.2) is 0 Å². The van der Waals surface area contributed by atoms with Crippen LogP contribution in [-0.4, -0.2) is 12.9 Å². The highest BCUT2D eigenvalue weighted by Gasteiger charge is 2.22. The van der Waals surface area contributed by atoms with Crippen LogP contribution in [0.5, 0.6) is 5.75 Å². The molecule has 2 rings (SSSR count). The average Bonchev–Trinajstić information content (AvgIpc) is 2.47. The van der Waals surface area contributed by atoms with Gasteiger partial charge in [0.25, 0.3) is 0 Å². The van der Waals surface area contributed by atoms with Crippen molar-refractivity contribution in [1.82, 2.24) is 0 Å². The Hall–Kier alpha value is -1.02. The van der Waals surface area contributed by atoms with Crippen molar-refractivity contribution < 1.29 is 9.53 Å². The highest BCUT2D eigenvalue weighted by atomic mass is 35.5. The molecule has 2 nitrogen and oxygen atoms in total. The summed E-state index contributed by atoms with van der Waals surface area (Å²) in [7, 11) is 1.57. The van der Waals surface area contributed by atoms with Gasteiger partial charge in [0.05, 0.1) is 12.1 Å². The minimum absolute atomic E-state index is 0.227. The molecule has 1 aromatic rings. The second-order valence-electron chi connectivity index (χ2n) is 3.11. The molecule has 13 heavy (non-hydrogen) atoms. The molecule has 0 heterocycles. The smallest absolute Gasteiger partial charge is 0.141 e. The monoisotopic (exact) mass is 196 g/mol. The third kappa shape index (κ3) is 1.31. The van der Waals surface area contributed by atoms with E-state index < -0.39 is 0 Å². The van der Waals surface area contributed by atoms with E-state index in [4.69, 9.17) is 16.3 Å². The van der Waals surface area contributed by atoms with Crippen LogP contribution in [0.4, 0.5) is 0 Å². The van der Waals surface area contributed by atoms with Gasteiger partial charge in [-0.1, -0.05) is 17.7 Å². The van der Waals surface area contributed by atoms with Gasteiger partial charge in [-0.25, -0.2) is 0 Å². The zero-order valence-corrected chi connectivity index (χ0v) is 8.02. The number of Topliss-reactive ketones (excluding diaryl/α,β-unsaturated/α-hetero) is 1. The van der Waals surface area contributed by atoms with Crippen molar-refractivity contribution in [3.8, 4) is 5.75 Å². The van der Waals surface area contributed by atoms with Crippen molar-refractivity contribution in [2.45, 2.75) is 12.8 Å². The van der Waals surface area contributed by atoms with E-state index in [0.717, 1.165) is 11.1 Å². The van der Waals surface area contributed by atoms with E-state index in [9.17, 15) is 4.79 Å². The van der Waals surface area contributed by atoms with Crippen LogP contribution in [0.2, 0.25) is 5.02 Å². The molecular weight excluding hydrogens is 188 g/mol. The van der Waals surface area contributed by atoms with E-state index in [1.165, 1.54) is 0 Å². The van der Waals surface area contributed by atoms with Gasteiger partial charge in [-0.3, -0.25) is 4.79 Å². The molecule has 0 aromatic heterocycles. The van der Waals surface area contributed by atoms with Crippen LogP contribution in [0, 0.1) is 0 Å². The summed E-state index contributed by atoms with van der Waals surface area (Å²) in [6.45, 7) is 0. The SMILES string of the molecule is COc1ccc2c(c1Cl)CC(=O)C2. The third-order valence-corrected chi connectivity index (χ3v) is 2.70. The largest absolute Gasteiger partial charge is 0.495 e. The minimum Gasteiger partial charge on any atom is -0.495 e. The Morgan fingerprint density at radius 1 is 1.38 bits per heavy atom. The lowest BCUT2D eigenvalue weighted by molar-refractivity contribution is -0.117. The maximum atomic E-state index is 11.2. The summed E-state index contributed by atoms with van der Waals surface area (Å²) in [6, 6.07) is 3.71. The maximum Gasteiger partial charge on any atom is 0.141 e. The highest BCUT2D eigenvalue weighted by molar-refractivity contribution is 6.33. The van der Waals surface area contributed by atoms with Crippen LogP contribution < -0.4 is 4.74 Å². The molecule has 1 aliphatic carbocycles. The average molecular weight is 197 g/mol. The summed E-state index contributed by atoms with van der Waals surface area (Å²) in [5, 5.41) is 0.589. The van der Waals surface area contributed by atoms with Crippen LogP contribution in [0.3, 0.4) is 0 Å². The number of rotatable bonds is 1. The lowest BCUT2D eigenvalue weighted by Gasteiger charge is -2.06. The Labute approximate surface area is 81.5 Å². The van der Waals surface area contributed by atoms with E-state index in [-0.39, 0.29) is 5.78 Å². The predicted octanol–water partition coefficient (Wildman–Crippen LogP) is 2.02. The summed E-state index contributed by atoms with van der Waals surface area (Å²) in [5.74, 6) is 0.875. The lowest BCUT2D eigenvalue weighted by atomic mass is 10.1. The van der Waals surface area contributed by atoms with Gasteiger partial charge in [-0.15, -0.1) is 0 Å². The molecule has 0 unspecified atom stereocenters. The molecule has 0 N–H and O–H groups in total. The molecule has 68 valence electrons. The van der Waals surface area contributed by atoms with Crippen molar-refractivity contribution in [3.05, 3.63) is 28.3 Å². The number of hydrogen-bond donors (Lipinski definition) is 0. The molecule has 0 bridgehead atoms. The summed E-state index contributed by atoms with van der Waals surface area (Å²) in [6.07, 6.45) is 0.963. The number of ketones is 1. The van der Waals surface area contributed by atoms with Crippen molar-refractivity contribution in [2.24, 2.45) is 0 Å². The van der Waals surface area contributed by atoms with Crippen molar-refractivity contribution in [3.63, 3.8) is 0 Å². The minimum atomic E-state index is 0.227. The third-order valence-electron chi connectivity index (χ3n) is 2.29. The van der Waals surface area contributed by atoms with Crippen molar-refractivity contribution >= 4 is 17.4 Å². The topological polar surface area (TPSA) is 26.3 Å². The fourth-order valence-electron chi connectivity index (χ4n) is 1.63. The van der Waals surface area contributed by atoms with Crippen LogP contribution >= 0.6 is 11.6 Å². The number of ether oxygens (including phenoxy) is 1. The number of carbonyl (C=O) groups excluding carboxylic acids is 1. The number of carbonyl (C=O) groups is 1. The predicted molar refractivity (Wildman–Crippen MR) is 50.4 cm³/mol. The van der Waals surface area contributed by atoms with Gasteiger partial charge < -0.3 is 4.74 Å². The normalized spacial score (nSPS) is 14.5. The van der Waals surface area contributed by atoms with Crippen LogP contribution in [0.25, 0.3) is 0 Å². The van der Waals surface area contributed by atoms with Crippen molar-refractivity contribution in [2.75, 3.05) is 7.11 Å². The van der Waals surface area contributed by atoms with Crippen molar-refractivity contribution in [1.29, 1.82) is 0 Å². The van der Waals surface area contributed by atoms with E-state index in [0.29, 0.717) is 23.6 Å². The first-order chi connectivity index (χ1) is 6.22. The van der Waals surface area contributed by atoms with Gasteiger partial charge in [0.1, 0.15) is 11.5 Å². The Morgan fingerprint density at radius 3 is 2.85 bits per heavy atom. The van der Waals surface area contributed by atoms with Crippen LogP contribution in [0.1, 0.15) is 11.1 Å². The molecule has 0 saturated carbocycles. The van der Waals surface area contributed by atoms with Gasteiger partial charge in [0.2, 0.25) is 0 Å². The van der Waals surface area contributed by atoms with Crippen LogP contribution in [0.15, 0.2) is 12.1 Å². The van der Waals surface area contributed by atoms with E-state index in [1.54, 1.807) is 13.2 Å². The molecule has 0 spiro atoms. The molecule has 0 atom stereocenters. The standard InChI is InChI=1S/C10H9ClO2/c1-13-9-3-2-6-4-7(12)5-8(6)10(9)11/h2-3H,4-5H2,1H3. The van der Waals surface area contributed by atoms with Crippen LogP contribution in [-0.2, 0) is 17.6 Å². The molecule has 0 radical (unpaired) electrons. The summed E-state index contributed by atoms with van der Waals surface area (Å²) >= 11 is 6.04. The molecule has 0 aliphatic heterocycles. The summed E-state index contributed by atoms with van der Waals surface area (Å²) in [5.41, 5.74) is 1.97. The Bertz CT molecular complexity index is 371. The zero-order chi connectivity index (χ0) is 9.42. The van der Waals surface area contributed by atoms with E-state index in [1.807, 2.05) is 6.07 Å². The van der Waals surface area contributed by atoms with Gasteiger partial charge in [-0.2, -0.15) is 0 Å². The van der Waals surface area contributed by atoms with Gasteiger partial charge in [-0.05, 0) is 17.2 Å². The second-order valence-corrected chi connectivity index (χ2v) is 3.49. The highest BCUT2D eigenvalue weighted by Crippen LogP contribution is 2.34. The number of fused-ring (bicyclic) bond motifs is 1. The Balaban J connectivity index is 2.54. The summed E-state index contributed by atoms with van der Waals surface area (Å²) < 4.78 is 5.06. The molecule has 0 fully saturated rings. The fourth-order valence-corrected chi connectivity index (χ4v) is 1.95. The Kier molecular flexibility index (Phi) is 2.00. The van der Waals surface area contributed by atoms with E-state index >= 15 is 0 Å². The first-order valence-corrected chi connectivity index (χ1v) is 4.46. The van der Waals surface area contributed by atoms with E-state index in [2.05, 4.69) is 0 Å². The molecule has 0 amide bonds. The molecule has 1 aromatic carbocycles. The summed E-state index contributed by atoms with van der Waals surface area (Å²) in [4.78, 5) is 11.2. The van der Waals surface area contributed by atoms with Gasteiger partial charge >= 0.3 is 0 Å². The lowest BCUT2D eigenvalue weighted by Crippen LogP contribution is -1.93. The quantitative estimate of drug-likeness (QED) is 0.687. The first-order valence-electron chi connectivity index (χ1n) is 4.08. The number of benzene rings is 1. The molecular formula is C10H9ClO2. The second kappa shape index (κ2) is 3.04. The zero-order valence-electron chi connectivity index (χ0n) is 7.26. The fraction of sp³-hybridized carbons (Fsp3) is 0.300. The van der Waals surface area contributed by atoms with Gasteiger partial charge in [0, 0.05) is 12.8 Å². The number of hydrogen-bond acceptors (Lipinski definition) is 2. The number of methoxy groups -OCH3 is 1. The first kappa shape index (κ1) is 8.57. The number of halogens is 1. The molecule has 1 aliphatic rings.